The first-order chi connectivity index (χ1) is 8.77. The highest BCUT2D eigenvalue weighted by Crippen LogP contribution is 2.12. The van der Waals surface area contributed by atoms with Gasteiger partial charge in [-0.1, -0.05) is 18.6 Å². The Labute approximate surface area is 114 Å². The van der Waals surface area contributed by atoms with E-state index in [1.54, 1.807) is 6.20 Å². The van der Waals surface area contributed by atoms with E-state index >= 15 is 0 Å². The van der Waals surface area contributed by atoms with Gasteiger partial charge in [0.05, 0.1) is 5.69 Å². The SMILES string of the molecule is NC(=S)c1ncccc1NCCN1CCCCC1. The minimum atomic E-state index is 0.344. The summed E-state index contributed by atoms with van der Waals surface area (Å²) < 4.78 is 0. The molecule has 0 aromatic carbocycles. The lowest BCUT2D eigenvalue weighted by atomic mass is 10.1. The van der Waals surface area contributed by atoms with E-state index in [1.807, 2.05) is 12.1 Å². The molecule has 1 aliphatic heterocycles. The molecule has 3 N–H and O–H groups in total. The van der Waals surface area contributed by atoms with Crippen molar-refractivity contribution < 1.29 is 0 Å². The number of pyridine rings is 1. The number of rotatable bonds is 5. The predicted molar refractivity (Wildman–Crippen MR) is 78.9 cm³/mol. The molecule has 18 heavy (non-hydrogen) atoms. The molecule has 4 nitrogen and oxygen atoms in total. The third kappa shape index (κ3) is 3.65. The Morgan fingerprint density at radius 3 is 2.89 bits per heavy atom. The van der Waals surface area contributed by atoms with Crippen molar-refractivity contribution in [3.05, 3.63) is 24.0 Å². The number of nitrogens with one attached hydrogen (secondary N) is 1. The number of hydrogen-bond acceptors (Lipinski definition) is 4. The van der Waals surface area contributed by atoms with Crippen LogP contribution in [-0.4, -0.2) is 41.1 Å². The molecule has 1 aromatic rings. The van der Waals surface area contributed by atoms with E-state index < -0.39 is 0 Å². The Morgan fingerprint density at radius 2 is 2.17 bits per heavy atom. The molecule has 0 radical (unpaired) electrons. The van der Waals surface area contributed by atoms with Gasteiger partial charge in [0.1, 0.15) is 10.7 Å². The summed E-state index contributed by atoms with van der Waals surface area (Å²) >= 11 is 4.99. The van der Waals surface area contributed by atoms with E-state index in [-0.39, 0.29) is 0 Å². The van der Waals surface area contributed by atoms with Crippen molar-refractivity contribution in [1.82, 2.24) is 9.88 Å². The summed E-state index contributed by atoms with van der Waals surface area (Å²) in [4.78, 5) is 7.04. The zero-order valence-electron chi connectivity index (χ0n) is 10.6. The molecule has 1 aliphatic rings. The van der Waals surface area contributed by atoms with Crippen molar-refractivity contribution in [2.75, 3.05) is 31.5 Å². The van der Waals surface area contributed by atoms with Crippen molar-refractivity contribution in [1.29, 1.82) is 0 Å². The fourth-order valence-electron chi connectivity index (χ4n) is 2.28. The van der Waals surface area contributed by atoms with Gasteiger partial charge in [0.15, 0.2) is 0 Å². The Morgan fingerprint density at radius 1 is 1.39 bits per heavy atom. The smallest absolute Gasteiger partial charge is 0.124 e. The molecule has 0 aliphatic carbocycles. The van der Waals surface area contributed by atoms with Crippen LogP contribution in [0.25, 0.3) is 0 Å². The zero-order chi connectivity index (χ0) is 12.8. The van der Waals surface area contributed by atoms with Crippen LogP contribution in [0.5, 0.6) is 0 Å². The van der Waals surface area contributed by atoms with Crippen LogP contribution in [0, 0.1) is 0 Å². The summed E-state index contributed by atoms with van der Waals surface area (Å²) in [5.74, 6) is 0. The molecule has 5 heteroatoms. The van der Waals surface area contributed by atoms with Crippen molar-refractivity contribution in [2.45, 2.75) is 19.3 Å². The van der Waals surface area contributed by atoms with E-state index in [0.717, 1.165) is 18.8 Å². The van der Waals surface area contributed by atoms with Gasteiger partial charge in [-0.15, -0.1) is 0 Å². The minimum absolute atomic E-state index is 0.344. The normalized spacial score (nSPS) is 16.4. The third-order valence-corrected chi connectivity index (χ3v) is 3.43. The minimum Gasteiger partial charge on any atom is -0.388 e. The second-order valence-corrected chi connectivity index (χ2v) is 5.03. The number of likely N-dealkylation sites (tertiary alicyclic amines) is 1. The topological polar surface area (TPSA) is 54.2 Å². The molecule has 2 rings (SSSR count). The van der Waals surface area contributed by atoms with Gasteiger partial charge in [0.2, 0.25) is 0 Å². The fourth-order valence-corrected chi connectivity index (χ4v) is 2.44. The van der Waals surface area contributed by atoms with Gasteiger partial charge < -0.3 is 16.0 Å². The van der Waals surface area contributed by atoms with E-state index in [9.17, 15) is 0 Å². The Bertz CT molecular complexity index is 402. The average molecular weight is 264 g/mol. The highest BCUT2D eigenvalue weighted by molar-refractivity contribution is 7.80. The number of thiocarbonyl (C=S) groups is 1. The monoisotopic (exact) mass is 264 g/mol. The largest absolute Gasteiger partial charge is 0.388 e. The van der Waals surface area contributed by atoms with Crippen LogP contribution >= 0.6 is 12.2 Å². The second kappa shape index (κ2) is 6.66. The van der Waals surface area contributed by atoms with Crippen molar-refractivity contribution in [3.8, 4) is 0 Å². The lowest BCUT2D eigenvalue weighted by molar-refractivity contribution is 0.237. The van der Waals surface area contributed by atoms with Gasteiger partial charge in [-0.3, -0.25) is 4.98 Å². The molecule has 98 valence electrons. The van der Waals surface area contributed by atoms with E-state index in [1.165, 1.54) is 32.4 Å². The molecule has 0 bridgehead atoms. The predicted octanol–water partition coefficient (Wildman–Crippen LogP) is 1.61. The van der Waals surface area contributed by atoms with Crippen LogP contribution in [0.15, 0.2) is 18.3 Å². The maximum Gasteiger partial charge on any atom is 0.124 e. The first-order valence-electron chi connectivity index (χ1n) is 6.48. The number of hydrogen-bond donors (Lipinski definition) is 2. The summed E-state index contributed by atoms with van der Waals surface area (Å²) in [6.45, 7) is 4.40. The van der Waals surface area contributed by atoms with Crippen molar-refractivity contribution >= 4 is 22.9 Å². The first-order valence-corrected chi connectivity index (χ1v) is 6.89. The lowest BCUT2D eigenvalue weighted by Gasteiger charge is -2.26. The second-order valence-electron chi connectivity index (χ2n) is 4.59. The third-order valence-electron chi connectivity index (χ3n) is 3.23. The van der Waals surface area contributed by atoms with Crippen LogP contribution in [0.1, 0.15) is 25.0 Å². The van der Waals surface area contributed by atoms with Gasteiger partial charge in [-0.25, -0.2) is 0 Å². The summed E-state index contributed by atoms with van der Waals surface area (Å²) in [7, 11) is 0. The number of nitrogens with two attached hydrogens (primary N) is 1. The highest BCUT2D eigenvalue weighted by atomic mass is 32.1. The van der Waals surface area contributed by atoms with E-state index in [4.69, 9.17) is 18.0 Å². The number of anilines is 1. The fraction of sp³-hybridized carbons (Fsp3) is 0.538. The maximum absolute atomic E-state index is 5.65. The summed E-state index contributed by atoms with van der Waals surface area (Å²) in [6, 6.07) is 3.86. The molecule has 0 unspecified atom stereocenters. The molecular formula is C13H20N4S. The Balaban J connectivity index is 1.84. The van der Waals surface area contributed by atoms with Crippen LogP contribution < -0.4 is 11.1 Å². The standard InChI is InChI=1S/C13H20N4S/c14-13(18)12-11(5-4-6-16-12)15-7-10-17-8-2-1-3-9-17/h4-6,15H,1-3,7-10H2,(H2,14,18). The number of nitrogens with zero attached hydrogens (tertiary/aromatic N) is 2. The maximum atomic E-state index is 5.65. The Hall–Kier alpha value is -1.20. The van der Waals surface area contributed by atoms with Crippen LogP contribution in [0.4, 0.5) is 5.69 Å². The van der Waals surface area contributed by atoms with E-state index in [0.29, 0.717) is 10.7 Å². The van der Waals surface area contributed by atoms with Crippen LogP contribution in [0.3, 0.4) is 0 Å². The van der Waals surface area contributed by atoms with Crippen LogP contribution in [0.2, 0.25) is 0 Å². The molecule has 1 fully saturated rings. The van der Waals surface area contributed by atoms with Gasteiger partial charge in [0.25, 0.3) is 0 Å². The molecule has 1 aromatic heterocycles. The molecule has 0 spiro atoms. The summed E-state index contributed by atoms with van der Waals surface area (Å²) in [6.07, 6.45) is 5.73. The van der Waals surface area contributed by atoms with Crippen molar-refractivity contribution in [2.24, 2.45) is 5.73 Å². The quantitative estimate of drug-likeness (QED) is 0.791. The molecule has 0 saturated carbocycles. The van der Waals surface area contributed by atoms with Crippen LogP contribution in [-0.2, 0) is 0 Å². The lowest BCUT2D eigenvalue weighted by Crippen LogP contribution is -2.34. The van der Waals surface area contributed by atoms with Crippen molar-refractivity contribution in [3.63, 3.8) is 0 Å². The first kappa shape index (κ1) is 13.2. The van der Waals surface area contributed by atoms with Gasteiger partial charge in [0, 0.05) is 19.3 Å². The average Bonchev–Trinajstić information content (AvgIpc) is 2.40. The molecule has 0 atom stereocenters. The van der Waals surface area contributed by atoms with Gasteiger partial charge >= 0.3 is 0 Å². The molecule has 2 heterocycles. The van der Waals surface area contributed by atoms with Gasteiger partial charge in [-0.05, 0) is 38.1 Å². The highest BCUT2D eigenvalue weighted by Gasteiger charge is 2.10. The molecule has 1 saturated heterocycles. The summed E-state index contributed by atoms with van der Waals surface area (Å²) in [5.41, 5.74) is 7.27. The zero-order valence-corrected chi connectivity index (χ0v) is 11.4. The van der Waals surface area contributed by atoms with E-state index in [2.05, 4.69) is 15.2 Å². The molecule has 0 amide bonds. The van der Waals surface area contributed by atoms with Gasteiger partial charge in [-0.2, -0.15) is 0 Å². The summed E-state index contributed by atoms with van der Waals surface area (Å²) in [5, 5.41) is 3.37. The number of aromatic nitrogens is 1. The number of piperidine rings is 1. The Kier molecular flexibility index (Phi) is 4.90. The molecular weight excluding hydrogens is 244 g/mol.